The number of amides is 2. The van der Waals surface area contributed by atoms with Crippen LogP contribution in [0.15, 0.2) is 40.9 Å². The molecule has 3 aromatic rings. The SMILES string of the molecule is CCn1cc(NC(=O)c2ccc(COc3cc(C)cc(C)c3)o2)c(C(=O)NC)n1. The zero-order valence-electron chi connectivity index (χ0n) is 16.9. The molecule has 0 aliphatic heterocycles. The van der Waals surface area contributed by atoms with Crippen LogP contribution in [0, 0.1) is 13.8 Å². The summed E-state index contributed by atoms with van der Waals surface area (Å²) >= 11 is 0. The Morgan fingerprint density at radius 1 is 1.14 bits per heavy atom. The van der Waals surface area contributed by atoms with E-state index in [0.717, 1.165) is 16.9 Å². The van der Waals surface area contributed by atoms with Gasteiger partial charge in [0.1, 0.15) is 18.1 Å². The number of benzene rings is 1. The number of hydrogen-bond acceptors (Lipinski definition) is 5. The van der Waals surface area contributed by atoms with Gasteiger partial charge < -0.3 is 19.8 Å². The van der Waals surface area contributed by atoms with Crippen molar-refractivity contribution in [2.75, 3.05) is 12.4 Å². The predicted octanol–water partition coefficient (Wildman–Crippen LogP) is 3.30. The highest BCUT2D eigenvalue weighted by Gasteiger charge is 2.19. The first-order valence-corrected chi connectivity index (χ1v) is 9.30. The molecule has 0 fully saturated rings. The fraction of sp³-hybridized carbons (Fsp3) is 0.286. The van der Waals surface area contributed by atoms with E-state index in [9.17, 15) is 9.59 Å². The first kappa shape index (κ1) is 20.2. The molecule has 2 N–H and O–H groups in total. The minimum absolute atomic E-state index is 0.121. The first-order valence-electron chi connectivity index (χ1n) is 9.30. The number of aryl methyl sites for hydroxylation is 3. The standard InChI is InChI=1S/C21H24N4O4/c1-5-25-11-17(19(24-25)21(27)22-4)23-20(26)18-7-6-15(29-18)12-28-16-9-13(2)8-14(3)10-16/h6-11H,5,12H2,1-4H3,(H,22,27)(H,23,26). The van der Waals surface area contributed by atoms with E-state index < -0.39 is 5.91 Å². The summed E-state index contributed by atoms with van der Waals surface area (Å²) < 4.78 is 12.9. The topological polar surface area (TPSA) is 98.4 Å². The maximum Gasteiger partial charge on any atom is 0.291 e. The Kier molecular flexibility index (Phi) is 6.01. The van der Waals surface area contributed by atoms with E-state index in [2.05, 4.69) is 21.8 Å². The largest absolute Gasteiger partial charge is 0.486 e. The van der Waals surface area contributed by atoms with Gasteiger partial charge in [-0.1, -0.05) is 6.07 Å². The Labute approximate surface area is 168 Å². The van der Waals surface area contributed by atoms with Gasteiger partial charge in [0.15, 0.2) is 11.5 Å². The molecule has 0 spiro atoms. The van der Waals surface area contributed by atoms with E-state index in [1.54, 1.807) is 23.0 Å². The lowest BCUT2D eigenvalue weighted by Crippen LogP contribution is -2.21. The van der Waals surface area contributed by atoms with E-state index in [0.29, 0.717) is 18.0 Å². The summed E-state index contributed by atoms with van der Waals surface area (Å²) in [5.41, 5.74) is 2.69. The molecule has 0 atom stereocenters. The molecule has 2 aromatic heterocycles. The van der Waals surface area contributed by atoms with Crippen molar-refractivity contribution in [2.45, 2.75) is 33.9 Å². The molecule has 0 bridgehead atoms. The van der Waals surface area contributed by atoms with Crippen molar-refractivity contribution < 1.29 is 18.7 Å². The second kappa shape index (κ2) is 8.64. The van der Waals surface area contributed by atoms with Crippen LogP contribution in [0.3, 0.4) is 0 Å². The van der Waals surface area contributed by atoms with Crippen LogP contribution in [0.5, 0.6) is 5.75 Å². The number of ether oxygens (including phenoxy) is 1. The lowest BCUT2D eigenvalue weighted by molar-refractivity contribution is 0.0958. The smallest absolute Gasteiger partial charge is 0.291 e. The van der Waals surface area contributed by atoms with Crippen molar-refractivity contribution in [1.29, 1.82) is 0 Å². The summed E-state index contributed by atoms with van der Waals surface area (Å²) in [6.07, 6.45) is 1.61. The molecule has 29 heavy (non-hydrogen) atoms. The van der Waals surface area contributed by atoms with Crippen LogP contribution in [0.25, 0.3) is 0 Å². The fourth-order valence-corrected chi connectivity index (χ4v) is 2.89. The first-order chi connectivity index (χ1) is 13.9. The zero-order chi connectivity index (χ0) is 21.0. The van der Waals surface area contributed by atoms with Gasteiger partial charge in [-0.05, 0) is 56.2 Å². The minimum atomic E-state index is -0.469. The number of aromatic nitrogens is 2. The summed E-state index contributed by atoms with van der Waals surface area (Å²) in [5.74, 6) is 0.534. The maximum atomic E-state index is 12.5. The van der Waals surface area contributed by atoms with Gasteiger partial charge >= 0.3 is 0 Å². The molecule has 0 aliphatic carbocycles. The van der Waals surface area contributed by atoms with Gasteiger partial charge in [0.25, 0.3) is 11.8 Å². The van der Waals surface area contributed by atoms with Gasteiger partial charge in [0.05, 0.1) is 5.69 Å². The van der Waals surface area contributed by atoms with Crippen LogP contribution in [0.2, 0.25) is 0 Å². The quantitative estimate of drug-likeness (QED) is 0.638. The van der Waals surface area contributed by atoms with Crippen molar-refractivity contribution >= 4 is 17.5 Å². The third kappa shape index (κ3) is 4.84. The summed E-state index contributed by atoms with van der Waals surface area (Å²) in [4.78, 5) is 24.5. The van der Waals surface area contributed by atoms with Gasteiger partial charge in [-0.3, -0.25) is 14.3 Å². The predicted molar refractivity (Wildman–Crippen MR) is 108 cm³/mol. The molecular weight excluding hydrogens is 372 g/mol. The molecule has 0 saturated heterocycles. The van der Waals surface area contributed by atoms with E-state index in [1.165, 1.54) is 7.05 Å². The van der Waals surface area contributed by atoms with Gasteiger partial charge in [0, 0.05) is 19.8 Å². The molecule has 3 rings (SSSR count). The normalized spacial score (nSPS) is 10.6. The van der Waals surface area contributed by atoms with Crippen molar-refractivity contribution in [2.24, 2.45) is 0 Å². The molecule has 2 amide bonds. The molecule has 1 aromatic carbocycles. The highest BCUT2D eigenvalue weighted by molar-refractivity contribution is 6.06. The second-order valence-electron chi connectivity index (χ2n) is 6.66. The second-order valence-corrected chi connectivity index (χ2v) is 6.66. The molecule has 152 valence electrons. The Morgan fingerprint density at radius 3 is 2.52 bits per heavy atom. The average molecular weight is 396 g/mol. The van der Waals surface area contributed by atoms with Crippen LogP contribution in [-0.4, -0.2) is 28.6 Å². The number of carbonyl (C=O) groups excluding carboxylic acids is 2. The summed E-state index contributed by atoms with van der Waals surface area (Å²) in [6, 6.07) is 9.20. The molecule has 0 saturated carbocycles. The Bertz CT molecular complexity index is 1010. The van der Waals surface area contributed by atoms with Gasteiger partial charge in [-0.15, -0.1) is 0 Å². The van der Waals surface area contributed by atoms with Gasteiger partial charge in [-0.25, -0.2) is 0 Å². The van der Waals surface area contributed by atoms with Crippen molar-refractivity contribution in [3.63, 3.8) is 0 Å². The van der Waals surface area contributed by atoms with Crippen LogP contribution >= 0.6 is 0 Å². The summed E-state index contributed by atoms with van der Waals surface area (Å²) in [5, 5.41) is 9.36. The Hall–Kier alpha value is -3.55. The van der Waals surface area contributed by atoms with E-state index >= 15 is 0 Å². The number of nitrogens with zero attached hydrogens (tertiary/aromatic N) is 2. The maximum absolute atomic E-state index is 12.5. The van der Waals surface area contributed by atoms with E-state index in [4.69, 9.17) is 9.15 Å². The van der Waals surface area contributed by atoms with Crippen LogP contribution in [0.4, 0.5) is 5.69 Å². The van der Waals surface area contributed by atoms with E-state index in [1.807, 2.05) is 32.9 Å². The highest BCUT2D eigenvalue weighted by atomic mass is 16.5. The minimum Gasteiger partial charge on any atom is -0.486 e. The number of anilines is 1. The average Bonchev–Trinajstić information content (AvgIpc) is 3.32. The number of furan rings is 1. The highest BCUT2D eigenvalue weighted by Crippen LogP contribution is 2.20. The molecule has 0 unspecified atom stereocenters. The van der Waals surface area contributed by atoms with E-state index in [-0.39, 0.29) is 24.0 Å². The Balaban J connectivity index is 1.68. The van der Waals surface area contributed by atoms with Crippen LogP contribution in [0.1, 0.15) is 44.9 Å². The fourth-order valence-electron chi connectivity index (χ4n) is 2.89. The van der Waals surface area contributed by atoms with Crippen LogP contribution < -0.4 is 15.4 Å². The van der Waals surface area contributed by atoms with Gasteiger partial charge in [-0.2, -0.15) is 5.10 Å². The molecular formula is C21H24N4O4. The summed E-state index contributed by atoms with van der Waals surface area (Å²) in [7, 11) is 1.51. The molecule has 8 heteroatoms. The lowest BCUT2D eigenvalue weighted by Gasteiger charge is -2.06. The van der Waals surface area contributed by atoms with Crippen molar-refractivity contribution in [3.05, 3.63) is 64.9 Å². The Morgan fingerprint density at radius 2 is 1.86 bits per heavy atom. The molecule has 2 heterocycles. The third-order valence-electron chi connectivity index (χ3n) is 4.24. The number of hydrogen-bond donors (Lipinski definition) is 2. The van der Waals surface area contributed by atoms with Crippen LogP contribution in [-0.2, 0) is 13.2 Å². The lowest BCUT2D eigenvalue weighted by atomic mass is 10.1. The molecule has 0 radical (unpaired) electrons. The molecule has 8 nitrogen and oxygen atoms in total. The monoisotopic (exact) mass is 396 g/mol. The van der Waals surface area contributed by atoms with Crippen molar-refractivity contribution in [3.8, 4) is 5.75 Å². The third-order valence-corrected chi connectivity index (χ3v) is 4.24. The number of rotatable bonds is 7. The molecule has 0 aliphatic rings. The van der Waals surface area contributed by atoms with Crippen molar-refractivity contribution in [1.82, 2.24) is 15.1 Å². The van der Waals surface area contributed by atoms with Gasteiger partial charge in [0.2, 0.25) is 0 Å². The zero-order valence-corrected chi connectivity index (χ0v) is 16.9. The number of nitrogens with one attached hydrogen (secondary N) is 2. The number of carbonyl (C=O) groups is 2. The summed E-state index contributed by atoms with van der Waals surface area (Å²) in [6.45, 7) is 6.67.